The highest BCUT2D eigenvalue weighted by Gasteiger charge is 2.08. The summed E-state index contributed by atoms with van der Waals surface area (Å²) >= 11 is 11.4. The second kappa shape index (κ2) is 6.93. The van der Waals surface area contributed by atoms with E-state index in [9.17, 15) is 9.00 Å². The second-order valence-corrected chi connectivity index (χ2v) is 5.83. The van der Waals surface area contributed by atoms with Gasteiger partial charge in [0.15, 0.2) is 0 Å². The second-order valence-electron chi connectivity index (χ2n) is 3.19. The summed E-state index contributed by atoms with van der Waals surface area (Å²) < 4.78 is 11.1. The molecule has 0 spiro atoms. The van der Waals surface area contributed by atoms with Gasteiger partial charge in [0, 0.05) is 34.4 Å². The average molecular weight is 295 g/mol. The first-order valence-corrected chi connectivity index (χ1v) is 7.23. The molecule has 1 atom stereocenters. The molecule has 1 aromatic rings. The monoisotopic (exact) mass is 294 g/mol. The van der Waals surface area contributed by atoms with Gasteiger partial charge in [-0.15, -0.1) is 0 Å². The highest BCUT2D eigenvalue weighted by atomic mass is 35.5. The Morgan fingerprint density at radius 3 is 2.53 bits per heavy atom. The zero-order valence-corrected chi connectivity index (χ0v) is 11.5. The SMILES string of the molecule is CCS(=O)CCNC(=O)c1cc(Cl)nc(Cl)c1. The molecule has 4 nitrogen and oxygen atoms in total. The largest absolute Gasteiger partial charge is 0.351 e. The van der Waals surface area contributed by atoms with Crippen LogP contribution in [0.2, 0.25) is 10.3 Å². The minimum absolute atomic E-state index is 0.166. The lowest BCUT2D eigenvalue weighted by Crippen LogP contribution is -2.28. The summed E-state index contributed by atoms with van der Waals surface area (Å²) in [7, 11) is -0.888. The summed E-state index contributed by atoms with van der Waals surface area (Å²) in [5.41, 5.74) is 0.345. The Morgan fingerprint density at radius 2 is 2.00 bits per heavy atom. The molecule has 1 heterocycles. The van der Waals surface area contributed by atoms with Crippen LogP contribution in [0.3, 0.4) is 0 Å². The number of carbonyl (C=O) groups excluding carboxylic acids is 1. The van der Waals surface area contributed by atoms with Crippen molar-refractivity contribution in [2.75, 3.05) is 18.1 Å². The maximum Gasteiger partial charge on any atom is 0.251 e. The Kier molecular flexibility index (Phi) is 5.88. The highest BCUT2D eigenvalue weighted by Crippen LogP contribution is 2.14. The molecule has 0 radical (unpaired) electrons. The molecule has 94 valence electrons. The number of nitrogens with one attached hydrogen (secondary N) is 1. The zero-order chi connectivity index (χ0) is 12.8. The van der Waals surface area contributed by atoms with E-state index in [4.69, 9.17) is 23.2 Å². The van der Waals surface area contributed by atoms with Crippen LogP contribution in [0.1, 0.15) is 17.3 Å². The van der Waals surface area contributed by atoms with E-state index in [1.807, 2.05) is 6.92 Å². The van der Waals surface area contributed by atoms with Crippen LogP contribution in [-0.2, 0) is 10.8 Å². The van der Waals surface area contributed by atoms with E-state index in [1.165, 1.54) is 12.1 Å². The maximum atomic E-state index is 11.7. The van der Waals surface area contributed by atoms with Gasteiger partial charge in [-0.2, -0.15) is 0 Å². The van der Waals surface area contributed by atoms with Gasteiger partial charge >= 0.3 is 0 Å². The van der Waals surface area contributed by atoms with Gasteiger partial charge in [0.2, 0.25) is 0 Å². The number of rotatable bonds is 5. The first-order valence-electron chi connectivity index (χ1n) is 4.99. The summed E-state index contributed by atoms with van der Waals surface area (Å²) in [6, 6.07) is 2.86. The van der Waals surface area contributed by atoms with Gasteiger partial charge in [0.05, 0.1) is 0 Å². The van der Waals surface area contributed by atoms with Gasteiger partial charge in [-0.25, -0.2) is 4.98 Å². The van der Waals surface area contributed by atoms with E-state index in [0.29, 0.717) is 23.6 Å². The van der Waals surface area contributed by atoms with Crippen LogP contribution in [0, 0.1) is 0 Å². The maximum absolute atomic E-state index is 11.7. The van der Waals surface area contributed by atoms with Gasteiger partial charge in [0.1, 0.15) is 10.3 Å². The van der Waals surface area contributed by atoms with Gasteiger partial charge in [0.25, 0.3) is 5.91 Å². The fraction of sp³-hybridized carbons (Fsp3) is 0.400. The molecule has 0 fully saturated rings. The van der Waals surface area contributed by atoms with E-state index in [-0.39, 0.29) is 16.2 Å². The van der Waals surface area contributed by atoms with Gasteiger partial charge in [-0.3, -0.25) is 9.00 Å². The third kappa shape index (κ3) is 5.02. The molecule has 0 saturated heterocycles. The van der Waals surface area contributed by atoms with Crippen molar-refractivity contribution in [3.05, 3.63) is 28.0 Å². The molecule has 0 aromatic carbocycles. The predicted octanol–water partition coefficient (Wildman–Crippen LogP) is 1.89. The fourth-order valence-electron chi connectivity index (χ4n) is 1.12. The van der Waals surface area contributed by atoms with E-state index in [1.54, 1.807) is 0 Å². The third-order valence-corrected chi connectivity index (χ3v) is 3.65. The molecule has 0 aliphatic rings. The topological polar surface area (TPSA) is 59.1 Å². The van der Waals surface area contributed by atoms with Crippen LogP contribution in [0.5, 0.6) is 0 Å². The van der Waals surface area contributed by atoms with Crippen LogP contribution in [0.25, 0.3) is 0 Å². The summed E-state index contributed by atoms with van der Waals surface area (Å²) in [4.78, 5) is 15.4. The smallest absolute Gasteiger partial charge is 0.251 e. The third-order valence-electron chi connectivity index (χ3n) is 1.96. The van der Waals surface area contributed by atoms with Crippen molar-refractivity contribution < 1.29 is 9.00 Å². The highest BCUT2D eigenvalue weighted by molar-refractivity contribution is 7.84. The standard InChI is InChI=1S/C10H12Cl2N2O2S/c1-2-17(16)4-3-13-10(15)7-5-8(11)14-9(12)6-7/h5-6H,2-4H2,1H3,(H,13,15). The molecule has 1 unspecified atom stereocenters. The molecule has 0 saturated carbocycles. The molecular formula is C10H12Cl2N2O2S. The van der Waals surface area contributed by atoms with Crippen molar-refractivity contribution in [1.82, 2.24) is 10.3 Å². The number of amides is 1. The lowest BCUT2D eigenvalue weighted by atomic mass is 10.2. The first kappa shape index (κ1) is 14.4. The van der Waals surface area contributed by atoms with Crippen LogP contribution in [0.15, 0.2) is 12.1 Å². The van der Waals surface area contributed by atoms with E-state index in [2.05, 4.69) is 10.3 Å². The first-order chi connectivity index (χ1) is 8.02. The van der Waals surface area contributed by atoms with Crippen molar-refractivity contribution in [2.24, 2.45) is 0 Å². The number of aromatic nitrogens is 1. The van der Waals surface area contributed by atoms with Gasteiger partial charge < -0.3 is 5.32 Å². The van der Waals surface area contributed by atoms with Crippen LogP contribution in [0.4, 0.5) is 0 Å². The zero-order valence-electron chi connectivity index (χ0n) is 9.20. The fourth-order valence-corrected chi connectivity index (χ4v) is 2.20. The Labute approximate surface area is 112 Å². The minimum atomic E-state index is -0.888. The van der Waals surface area contributed by atoms with Gasteiger partial charge in [-0.1, -0.05) is 30.1 Å². The minimum Gasteiger partial charge on any atom is -0.351 e. The Balaban J connectivity index is 2.55. The normalized spacial score (nSPS) is 12.2. The number of hydrogen-bond acceptors (Lipinski definition) is 3. The molecule has 7 heteroatoms. The molecule has 0 bridgehead atoms. The average Bonchev–Trinajstić information content (AvgIpc) is 2.27. The van der Waals surface area contributed by atoms with Crippen molar-refractivity contribution in [3.8, 4) is 0 Å². The molecule has 17 heavy (non-hydrogen) atoms. The van der Waals surface area contributed by atoms with E-state index < -0.39 is 10.8 Å². The van der Waals surface area contributed by atoms with Crippen LogP contribution in [-0.4, -0.2) is 33.2 Å². The lowest BCUT2D eigenvalue weighted by molar-refractivity contribution is 0.0956. The van der Waals surface area contributed by atoms with Crippen molar-refractivity contribution in [1.29, 1.82) is 0 Å². The number of halogens is 2. The Hall–Kier alpha value is -0.650. The molecule has 1 aromatic heterocycles. The van der Waals surface area contributed by atoms with E-state index >= 15 is 0 Å². The predicted molar refractivity (Wildman–Crippen MR) is 70.1 cm³/mol. The molecule has 1 N–H and O–H groups in total. The summed E-state index contributed by atoms with van der Waals surface area (Å²) in [6.45, 7) is 2.19. The Morgan fingerprint density at radius 1 is 1.41 bits per heavy atom. The van der Waals surface area contributed by atoms with Crippen molar-refractivity contribution in [3.63, 3.8) is 0 Å². The van der Waals surface area contributed by atoms with E-state index in [0.717, 1.165) is 0 Å². The number of carbonyl (C=O) groups is 1. The quantitative estimate of drug-likeness (QED) is 0.844. The number of pyridine rings is 1. The molecule has 0 aliphatic heterocycles. The van der Waals surface area contributed by atoms with Crippen LogP contribution >= 0.6 is 23.2 Å². The van der Waals surface area contributed by atoms with Gasteiger partial charge in [-0.05, 0) is 12.1 Å². The molecule has 1 rings (SSSR count). The number of hydrogen-bond donors (Lipinski definition) is 1. The molecular weight excluding hydrogens is 283 g/mol. The number of nitrogens with zero attached hydrogens (tertiary/aromatic N) is 1. The lowest BCUT2D eigenvalue weighted by Gasteiger charge is -2.05. The molecule has 0 aliphatic carbocycles. The van der Waals surface area contributed by atoms with Crippen molar-refractivity contribution in [2.45, 2.75) is 6.92 Å². The molecule has 1 amide bonds. The van der Waals surface area contributed by atoms with Crippen LogP contribution < -0.4 is 5.32 Å². The van der Waals surface area contributed by atoms with Crippen molar-refractivity contribution >= 4 is 39.9 Å². The summed E-state index contributed by atoms with van der Waals surface area (Å²) in [5.74, 6) is 0.724. The summed E-state index contributed by atoms with van der Waals surface area (Å²) in [6.07, 6.45) is 0. The summed E-state index contributed by atoms with van der Waals surface area (Å²) in [5, 5.41) is 2.97. The Bertz CT molecular complexity index is 420.